The summed E-state index contributed by atoms with van der Waals surface area (Å²) in [4.78, 5) is 4.24. The van der Waals surface area contributed by atoms with E-state index in [0.29, 0.717) is 5.19 Å². The largest absolute Gasteiger partial charge is 0.431 e. The van der Waals surface area contributed by atoms with Gasteiger partial charge < -0.3 is 4.74 Å². The molecule has 0 fully saturated rings. The molecule has 0 saturated heterocycles. The first-order valence-electron chi connectivity index (χ1n) is 4.41. The maximum absolute atomic E-state index is 5.64. The minimum absolute atomic E-state index is 0.705. The van der Waals surface area contributed by atoms with Gasteiger partial charge in [0.05, 0.1) is 5.69 Å². The van der Waals surface area contributed by atoms with E-state index in [1.165, 1.54) is 11.3 Å². The molecule has 1 heterocycles. The number of aryl methyl sites for hydroxylation is 2. The normalized spacial score (nSPS) is 10.1. The number of hydrogen-bond acceptors (Lipinski definition) is 3. The Morgan fingerprint density at radius 1 is 1.21 bits per heavy atom. The lowest BCUT2D eigenvalue weighted by Gasteiger charge is -2.03. The summed E-state index contributed by atoms with van der Waals surface area (Å²) in [5, 5.41) is 2.69. The van der Waals surface area contributed by atoms with Gasteiger partial charge in [0, 0.05) is 5.38 Å². The van der Waals surface area contributed by atoms with E-state index >= 15 is 0 Å². The van der Waals surface area contributed by atoms with Gasteiger partial charge in [-0.25, -0.2) is 4.98 Å². The summed E-state index contributed by atoms with van der Waals surface area (Å²) in [6, 6.07) is 7.93. The number of hydrogen-bond donors (Lipinski definition) is 0. The molecular formula is C11H11NOS. The molecule has 1 aromatic heterocycles. The Morgan fingerprint density at radius 2 is 2.00 bits per heavy atom. The molecule has 0 unspecified atom stereocenters. The van der Waals surface area contributed by atoms with E-state index in [1.807, 2.05) is 43.5 Å². The van der Waals surface area contributed by atoms with Crippen LogP contribution in [-0.4, -0.2) is 4.98 Å². The number of nitrogens with zero attached hydrogens (tertiary/aromatic N) is 1. The average Bonchev–Trinajstić information content (AvgIpc) is 2.56. The zero-order valence-corrected chi connectivity index (χ0v) is 8.97. The molecule has 0 N–H and O–H groups in total. The summed E-state index contributed by atoms with van der Waals surface area (Å²) in [5.41, 5.74) is 2.12. The highest BCUT2D eigenvalue weighted by Gasteiger charge is 2.02. The molecule has 0 atom stereocenters. The Kier molecular flexibility index (Phi) is 2.50. The molecule has 2 aromatic rings. The van der Waals surface area contributed by atoms with Crippen LogP contribution in [0.25, 0.3) is 0 Å². The monoisotopic (exact) mass is 205 g/mol. The predicted octanol–water partition coefficient (Wildman–Crippen LogP) is 3.55. The summed E-state index contributed by atoms with van der Waals surface area (Å²) in [6.07, 6.45) is 0. The first-order valence-corrected chi connectivity index (χ1v) is 5.29. The van der Waals surface area contributed by atoms with Gasteiger partial charge in [0.25, 0.3) is 5.19 Å². The van der Waals surface area contributed by atoms with Crippen molar-refractivity contribution in [3.05, 3.63) is 40.9 Å². The van der Waals surface area contributed by atoms with Crippen LogP contribution < -0.4 is 4.74 Å². The topological polar surface area (TPSA) is 22.1 Å². The molecule has 0 amide bonds. The van der Waals surface area contributed by atoms with Crippen molar-refractivity contribution < 1.29 is 4.74 Å². The van der Waals surface area contributed by atoms with Gasteiger partial charge in [0.2, 0.25) is 0 Å². The molecule has 3 heteroatoms. The Morgan fingerprint density at radius 3 is 2.64 bits per heavy atom. The number of aromatic nitrogens is 1. The molecule has 0 bridgehead atoms. The summed E-state index contributed by atoms with van der Waals surface area (Å²) >= 11 is 1.52. The summed E-state index contributed by atoms with van der Waals surface area (Å²) in [6.45, 7) is 3.98. The Hall–Kier alpha value is -1.35. The van der Waals surface area contributed by atoms with E-state index in [9.17, 15) is 0 Å². The van der Waals surface area contributed by atoms with Crippen LogP contribution in [0, 0.1) is 13.8 Å². The number of para-hydroxylation sites is 1. The van der Waals surface area contributed by atoms with Crippen molar-refractivity contribution in [2.24, 2.45) is 0 Å². The molecule has 72 valence electrons. The average molecular weight is 205 g/mol. The lowest BCUT2D eigenvalue weighted by Crippen LogP contribution is -1.86. The third-order valence-corrected chi connectivity index (χ3v) is 2.72. The van der Waals surface area contributed by atoms with E-state index < -0.39 is 0 Å². The zero-order valence-electron chi connectivity index (χ0n) is 8.15. The molecule has 2 nitrogen and oxygen atoms in total. The second-order valence-electron chi connectivity index (χ2n) is 3.12. The first kappa shape index (κ1) is 9.21. The fraction of sp³-hybridized carbons (Fsp3) is 0.182. The van der Waals surface area contributed by atoms with Crippen molar-refractivity contribution in [2.75, 3.05) is 0 Å². The van der Waals surface area contributed by atoms with E-state index in [4.69, 9.17) is 4.74 Å². The van der Waals surface area contributed by atoms with E-state index in [-0.39, 0.29) is 0 Å². The molecule has 0 aliphatic carbocycles. The van der Waals surface area contributed by atoms with Gasteiger partial charge in [-0.15, -0.1) is 0 Å². The highest BCUT2D eigenvalue weighted by molar-refractivity contribution is 7.11. The summed E-state index contributed by atoms with van der Waals surface area (Å²) in [7, 11) is 0. The number of ether oxygens (including phenoxy) is 1. The number of rotatable bonds is 2. The SMILES string of the molecule is Cc1csc(Oc2ccccc2C)n1. The van der Waals surface area contributed by atoms with Gasteiger partial charge in [-0.2, -0.15) is 0 Å². The van der Waals surface area contributed by atoms with Crippen LogP contribution in [0.5, 0.6) is 10.9 Å². The molecule has 0 aliphatic rings. The predicted molar refractivity (Wildman–Crippen MR) is 58.1 cm³/mol. The Bertz CT molecular complexity index is 436. The first-order chi connectivity index (χ1) is 6.75. The van der Waals surface area contributed by atoms with Crippen molar-refractivity contribution >= 4 is 11.3 Å². The van der Waals surface area contributed by atoms with Crippen molar-refractivity contribution in [1.82, 2.24) is 4.98 Å². The molecule has 14 heavy (non-hydrogen) atoms. The second kappa shape index (κ2) is 3.80. The lowest BCUT2D eigenvalue weighted by atomic mass is 10.2. The van der Waals surface area contributed by atoms with Crippen LogP contribution in [0.2, 0.25) is 0 Å². The van der Waals surface area contributed by atoms with Crippen molar-refractivity contribution in [3.63, 3.8) is 0 Å². The van der Waals surface area contributed by atoms with Crippen LogP contribution in [0.3, 0.4) is 0 Å². The molecule has 0 aliphatic heterocycles. The summed E-state index contributed by atoms with van der Waals surface area (Å²) in [5.74, 6) is 0.877. The van der Waals surface area contributed by atoms with E-state index in [1.54, 1.807) is 0 Å². The van der Waals surface area contributed by atoms with E-state index in [0.717, 1.165) is 17.0 Å². The van der Waals surface area contributed by atoms with Crippen molar-refractivity contribution in [2.45, 2.75) is 13.8 Å². The smallest absolute Gasteiger partial charge is 0.278 e. The molecule has 2 rings (SSSR count). The minimum Gasteiger partial charge on any atom is -0.431 e. The zero-order chi connectivity index (χ0) is 9.97. The minimum atomic E-state index is 0.705. The van der Waals surface area contributed by atoms with Crippen LogP contribution >= 0.6 is 11.3 Å². The van der Waals surface area contributed by atoms with Gasteiger partial charge in [0.1, 0.15) is 5.75 Å². The third-order valence-electron chi connectivity index (χ3n) is 1.89. The standard InChI is InChI=1S/C11H11NOS/c1-8-5-3-4-6-10(8)13-11-12-9(2)7-14-11/h3-7H,1-2H3. The highest BCUT2D eigenvalue weighted by atomic mass is 32.1. The van der Waals surface area contributed by atoms with Crippen LogP contribution in [-0.2, 0) is 0 Å². The highest BCUT2D eigenvalue weighted by Crippen LogP contribution is 2.26. The third kappa shape index (κ3) is 1.93. The molecule has 0 saturated carbocycles. The summed E-state index contributed by atoms with van der Waals surface area (Å²) < 4.78 is 5.64. The van der Waals surface area contributed by atoms with Gasteiger partial charge >= 0.3 is 0 Å². The molecule has 0 spiro atoms. The van der Waals surface area contributed by atoms with Gasteiger partial charge in [-0.3, -0.25) is 0 Å². The van der Waals surface area contributed by atoms with Crippen molar-refractivity contribution in [1.29, 1.82) is 0 Å². The fourth-order valence-electron chi connectivity index (χ4n) is 1.14. The van der Waals surface area contributed by atoms with Gasteiger partial charge in [-0.1, -0.05) is 29.5 Å². The van der Waals surface area contributed by atoms with Crippen molar-refractivity contribution in [3.8, 4) is 10.9 Å². The fourth-order valence-corrected chi connectivity index (χ4v) is 1.80. The maximum Gasteiger partial charge on any atom is 0.278 e. The van der Waals surface area contributed by atoms with Crippen LogP contribution in [0.1, 0.15) is 11.3 Å². The quantitative estimate of drug-likeness (QED) is 0.748. The van der Waals surface area contributed by atoms with Crippen LogP contribution in [0.15, 0.2) is 29.6 Å². The molecule has 0 radical (unpaired) electrons. The van der Waals surface area contributed by atoms with Gasteiger partial charge in [0.15, 0.2) is 0 Å². The molecule has 1 aromatic carbocycles. The lowest BCUT2D eigenvalue weighted by molar-refractivity contribution is 0.474. The Balaban J connectivity index is 2.23. The van der Waals surface area contributed by atoms with E-state index in [2.05, 4.69) is 4.98 Å². The second-order valence-corrected chi connectivity index (χ2v) is 3.94. The molecular weight excluding hydrogens is 194 g/mol. The number of thiazole rings is 1. The maximum atomic E-state index is 5.64. The van der Waals surface area contributed by atoms with Gasteiger partial charge in [-0.05, 0) is 25.5 Å². The van der Waals surface area contributed by atoms with Crippen LogP contribution in [0.4, 0.5) is 0 Å². The number of benzene rings is 1. The Labute approximate surface area is 87.2 Å².